The Bertz CT molecular complexity index is 495. The van der Waals surface area contributed by atoms with E-state index in [1.165, 1.54) is 23.3 Å². The summed E-state index contributed by atoms with van der Waals surface area (Å²) in [5, 5.41) is 0. The zero-order valence-electron chi connectivity index (χ0n) is 12.2. The van der Waals surface area contributed by atoms with Crippen LogP contribution in [0.3, 0.4) is 0 Å². The number of rotatable bonds is 5. The summed E-state index contributed by atoms with van der Waals surface area (Å²) >= 11 is 0. The lowest BCUT2D eigenvalue weighted by Crippen LogP contribution is -2.11. The second-order valence-corrected chi connectivity index (χ2v) is 5.30. The molecule has 0 heterocycles. The van der Waals surface area contributed by atoms with Gasteiger partial charge in [0.15, 0.2) is 11.6 Å². The van der Waals surface area contributed by atoms with E-state index in [0.717, 1.165) is 12.8 Å². The molecule has 19 heavy (non-hydrogen) atoms. The topological polar surface area (TPSA) is 34.1 Å². The van der Waals surface area contributed by atoms with Gasteiger partial charge in [-0.1, -0.05) is 23.3 Å². The van der Waals surface area contributed by atoms with E-state index in [0.29, 0.717) is 17.6 Å². The summed E-state index contributed by atoms with van der Waals surface area (Å²) < 4.78 is 0. The molecular formula is C17H22O2. The molecule has 1 rings (SSSR count). The molecule has 1 aliphatic rings. The monoisotopic (exact) mass is 258 g/mol. The van der Waals surface area contributed by atoms with Crippen molar-refractivity contribution in [3.63, 3.8) is 0 Å². The number of carbonyl (C=O) groups excluding carboxylic acids is 2. The number of allylic oxidation sites excluding steroid dienone is 8. The lowest BCUT2D eigenvalue weighted by molar-refractivity contribution is -0.115. The maximum Gasteiger partial charge on any atom is 0.182 e. The van der Waals surface area contributed by atoms with Crippen molar-refractivity contribution in [2.45, 2.75) is 47.0 Å². The molecule has 2 heteroatoms. The van der Waals surface area contributed by atoms with E-state index < -0.39 is 0 Å². The Hall–Kier alpha value is -1.70. The molecular weight excluding hydrogens is 236 g/mol. The van der Waals surface area contributed by atoms with Crippen LogP contribution in [0.4, 0.5) is 0 Å². The first-order valence-corrected chi connectivity index (χ1v) is 6.66. The van der Waals surface area contributed by atoms with Crippen LogP contribution in [0.2, 0.25) is 0 Å². The Morgan fingerprint density at radius 2 is 1.74 bits per heavy atom. The van der Waals surface area contributed by atoms with Gasteiger partial charge in [0.2, 0.25) is 0 Å². The highest BCUT2D eigenvalue weighted by atomic mass is 16.1. The van der Waals surface area contributed by atoms with Crippen LogP contribution in [0.25, 0.3) is 0 Å². The molecule has 0 aromatic carbocycles. The fourth-order valence-electron chi connectivity index (χ4n) is 1.84. The standard InChI is InChI=1S/C17H22O2/c1-12(2)6-5-7-13(3)8-9-15-11-16(18)14(4)10-17(15)19/h6,8,10-11H,5,7,9H2,1-4H3/b13-8+. The van der Waals surface area contributed by atoms with Crippen molar-refractivity contribution in [1.29, 1.82) is 0 Å². The second kappa shape index (κ2) is 7.03. The minimum absolute atomic E-state index is 0.0366. The Kier molecular flexibility index (Phi) is 5.68. The van der Waals surface area contributed by atoms with Gasteiger partial charge in [0.25, 0.3) is 0 Å². The SMILES string of the molecule is CC(C)=CCC/C(C)=C/CC1=CC(=O)C(C)=CC1=O. The van der Waals surface area contributed by atoms with Gasteiger partial charge in [-0.15, -0.1) is 0 Å². The van der Waals surface area contributed by atoms with E-state index in [1.807, 2.05) is 6.08 Å². The van der Waals surface area contributed by atoms with Crippen molar-refractivity contribution in [3.05, 3.63) is 46.6 Å². The number of ketones is 2. The average molecular weight is 258 g/mol. The molecule has 0 atom stereocenters. The minimum Gasteiger partial charge on any atom is -0.290 e. The van der Waals surface area contributed by atoms with Gasteiger partial charge in [-0.2, -0.15) is 0 Å². The van der Waals surface area contributed by atoms with E-state index in [9.17, 15) is 9.59 Å². The number of carbonyl (C=O) groups is 2. The van der Waals surface area contributed by atoms with Crippen molar-refractivity contribution in [1.82, 2.24) is 0 Å². The molecule has 0 unspecified atom stereocenters. The molecule has 0 bridgehead atoms. The zero-order chi connectivity index (χ0) is 14.4. The largest absolute Gasteiger partial charge is 0.290 e. The van der Waals surface area contributed by atoms with Gasteiger partial charge in [0, 0.05) is 11.1 Å². The lowest BCUT2D eigenvalue weighted by Gasteiger charge is -2.08. The molecule has 102 valence electrons. The highest BCUT2D eigenvalue weighted by Gasteiger charge is 2.16. The van der Waals surface area contributed by atoms with Crippen LogP contribution < -0.4 is 0 Å². The Morgan fingerprint density at radius 3 is 2.37 bits per heavy atom. The summed E-state index contributed by atoms with van der Waals surface area (Å²) in [6.45, 7) is 7.92. The van der Waals surface area contributed by atoms with Crippen LogP contribution >= 0.6 is 0 Å². The normalized spacial score (nSPS) is 16.1. The van der Waals surface area contributed by atoms with E-state index in [4.69, 9.17) is 0 Å². The Balaban J connectivity index is 2.56. The van der Waals surface area contributed by atoms with Crippen LogP contribution in [0, 0.1) is 0 Å². The third-order valence-corrected chi connectivity index (χ3v) is 3.12. The summed E-state index contributed by atoms with van der Waals surface area (Å²) in [7, 11) is 0. The zero-order valence-corrected chi connectivity index (χ0v) is 12.2. The lowest BCUT2D eigenvalue weighted by atomic mass is 9.95. The smallest absolute Gasteiger partial charge is 0.182 e. The second-order valence-electron chi connectivity index (χ2n) is 5.30. The van der Waals surface area contributed by atoms with Gasteiger partial charge < -0.3 is 0 Å². The first kappa shape index (κ1) is 15.4. The van der Waals surface area contributed by atoms with Crippen LogP contribution in [-0.4, -0.2) is 11.6 Å². The molecule has 0 saturated carbocycles. The molecule has 0 aromatic rings. The average Bonchev–Trinajstić information content (AvgIpc) is 2.31. The summed E-state index contributed by atoms with van der Waals surface area (Å²) in [6, 6.07) is 0. The molecule has 0 saturated heterocycles. The fourth-order valence-corrected chi connectivity index (χ4v) is 1.84. The maximum atomic E-state index is 11.7. The molecule has 0 radical (unpaired) electrons. The van der Waals surface area contributed by atoms with Gasteiger partial charge in [-0.25, -0.2) is 0 Å². The first-order chi connectivity index (χ1) is 8.90. The molecule has 0 amide bonds. The molecule has 1 aliphatic carbocycles. The number of hydrogen-bond acceptors (Lipinski definition) is 2. The number of hydrogen-bond donors (Lipinski definition) is 0. The maximum absolute atomic E-state index is 11.7. The summed E-state index contributed by atoms with van der Waals surface area (Å²) in [4.78, 5) is 23.2. The van der Waals surface area contributed by atoms with E-state index in [-0.39, 0.29) is 11.6 Å². The van der Waals surface area contributed by atoms with Crippen molar-refractivity contribution in [2.75, 3.05) is 0 Å². The van der Waals surface area contributed by atoms with Crippen LogP contribution in [0.1, 0.15) is 47.0 Å². The quantitative estimate of drug-likeness (QED) is 0.549. The van der Waals surface area contributed by atoms with Crippen molar-refractivity contribution in [3.8, 4) is 0 Å². The van der Waals surface area contributed by atoms with Gasteiger partial charge >= 0.3 is 0 Å². The molecule has 0 spiro atoms. The summed E-state index contributed by atoms with van der Waals surface area (Å²) in [5.41, 5.74) is 3.70. The molecule has 0 aliphatic heterocycles. The predicted molar refractivity (Wildman–Crippen MR) is 78.9 cm³/mol. The van der Waals surface area contributed by atoms with Crippen LogP contribution in [0.5, 0.6) is 0 Å². The van der Waals surface area contributed by atoms with Crippen molar-refractivity contribution in [2.24, 2.45) is 0 Å². The van der Waals surface area contributed by atoms with Crippen LogP contribution in [0.15, 0.2) is 46.6 Å². The Labute approximate surface area is 115 Å². The first-order valence-electron chi connectivity index (χ1n) is 6.66. The molecule has 0 aromatic heterocycles. The Morgan fingerprint density at radius 1 is 1.05 bits per heavy atom. The summed E-state index contributed by atoms with van der Waals surface area (Å²) in [5.74, 6) is -0.0874. The molecule has 0 N–H and O–H groups in total. The van der Waals surface area contributed by atoms with Crippen molar-refractivity contribution < 1.29 is 9.59 Å². The summed E-state index contributed by atoms with van der Waals surface area (Å²) in [6.07, 6.45) is 9.73. The highest BCUT2D eigenvalue weighted by Crippen LogP contribution is 2.17. The van der Waals surface area contributed by atoms with Gasteiger partial charge in [-0.3, -0.25) is 9.59 Å². The highest BCUT2D eigenvalue weighted by molar-refractivity contribution is 6.19. The third kappa shape index (κ3) is 5.21. The molecule has 2 nitrogen and oxygen atoms in total. The molecule has 0 fully saturated rings. The van der Waals surface area contributed by atoms with Gasteiger partial charge in [0.05, 0.1) is 0 Å². The fraction of sp³-hybridized carbons (Fsp3) is 0.412. The van der Waals surface area contributed by atoms with Crippen molar-refractivity contribution >= 4 is 11.6 Å². The van der Waals surface area contributed by atoms with E-state index >= 15 is 0 Å². The van der Waals surface area contributed by atoms with E-state index in [2.05, 4.69) is 26.8 Å². The van der Waals surface area contributed by atoms with Gasteiger partial charge in [0.1, 0.15) is 0 Å². The van der Waals surface area contributed by atoms with Crippen LogP contribution in [-0.2, 0) is 9.59 Å². The van der Waals surface area contributed by atoms with E-state index in [1.54, 1.807) is 6.92 Å². The third-order valence-electron chi connectivity index (χ3n) is 3.12. The predicted octanol–water partition coefficient (Wildman–Crippen LogP) is 4.09. The van der Waals surface area contributed by atoms with Gasteiger partial charge in [-0.05, 0) is 59.1 Å². The minimum atomic E-state index is -0.0507.